The van der Waals surface area contributed by atoms with Crippen LogP contribution in [0.5, 0.6) is 0 Å². The molecule has 0 saturated heterocycles. The summed E-state index contributed by atoms with van der Waals surface area (Å²) in [5.41, 5.74) is 8.94. The lowest BCUT2D eigenvalue weighted by molar-refractivity contribution is 0.828. The average Bonchev–Trinajstić information content (AvgIpc) is 2.38. The van der Waals surface area contributed by atoms with Gasteiger partial charge in [0, 0.05) is 35.6 Å². The molecule has 0 aliphatic carbocycles. The van der Waals surface area contributed by atoms with Crippen molar-refractivity contribution in [2.75, 3.05) is 17.2 Å². The van der Waals surface area contributed by atoms with Gasteiger partial charge in [-0.05, 0) is 58.7 Å². The predicted octanol–water partition coefficient (Wildman–Crippen LogP) is 3.45. The number of nitrogens with zero attached hydrogens (tertiary/aromatic N) is 2. The molecule has 0 radical (unpaired) electrons. The molecule has 94 valence electrons. The standard InChI is InChI=1S/C14H16BrN3/c1-2-18(10-11-5-7-17-8-6-11)14-4-3-12(16)9-13(14)15/h3-9H,2,10,16H2,1H3. The Hall–Kier alpha value is -1.55. The van der Waals surface area contributed by atoms with E-state index in [1.54, 1.807) is 0 Å². The monoisotopic (exact) mass is 305 g/mol. The van der Waals surface area contributed by atoms with Crippen molar-refractivity contribution in [1.82, 2.24) is 4.98 Å². The van der Waals surface area contributed by atoms with Crippen molar-refractivity contribution in [2.45, 2.75) is 13.5 Å². The summed E-state index contributed by atoms with van der Waals surface area (Å²) in [6.45, 7) is 3.94. The van der Waals surface area contributed by atoms with Gasteiger partial charge in [-0.25, -0.2) is 0 Å². The van der Waals surface area contributed by atoms with Crippen LogP contribution < -0.4 is 10.6 Å². The van der Waals surface area contributed by atoms with Crippen molar-refractivity contribution < 1.29 is 0 Å². The summed E-state index contributed by atoms with van der Waals surface area (Å²) in [6, 6.07) is 9.98. The molecule has 1 aromatic heterocycles. The van der Waals surface area contributed by atoms with Crippen LogP contribution in [0.25, 0.3) is 0 Å². The number of anilines is 2. The van der Waals surface area contributed by atoms with E-state index in [4.69, 9.17) is 5.73 Å². The summed E-state index contributed by atoms with van der Waals surface area (Å²) in [5.74, 6) is 0. The van der Waals surface area contributed by atoms with Gasteiger partial charge in [0.15, 0.2) is 0 Å². The highest BCUT2D eigenvalue weighted by atomic mass is 79.9. The molecule has 0 fully saturated rings. The Kier molecular flexibility index (Phi) is 4.20. The van der Waals surface area contributed by atoms with E-state index in [2.05, 4.69) is 32.7 Å². The van der Waals surface area contributed by atoms with Crippen molar-refractivity contribution in [3.05, 3.63) is 52.8 Å². The number of benzene rings is 1. The number of nitrogen functional groups attached to an aromatic ring is 1. The SMILES string of the molecule is CCN(Cc1ccncc1)c1ccc(N)cc1Br. The van der Waals surface area contributed by atoms with Crippen LogP contribution in [0.1, 0.15) is 12.5 Å². The van der Waals surface area contributed by atoms with Gasteiger partial charge in [-0.3, -0.25) is 4.98 Å². The third-order valence-corrected chi connectivity index (χ3v) is 3.45. The molecule has 0 aliphatic rings. The van der Waals surface area contributed by atoms with E-state index < -0.39 is 0 Å². The fourth-order valence-electron chi connectivity index (χ4n) is 1.86. The molecule has 4 heteroatoms. The van der Waals surface area contributed by atoms with E-state index in [-0.39, 0.29) is 0 Å². The minimum Gasteiger partial charge on any atom is -0.399 e. The second-order valence-electron chi connectivity index (χ2n) is 4.08. The van der Waals surface area contributed by atoms with Crippen molar-refractivity contribution in [3.63, 3.8) is 0 Å². The van der Waals surface area contributed by atoms with E-state index in [0.717, 1.165) is 28.9 Å². The van der Waals surface area contributed by atoms with Gasteiger partial charge in [0.25, 0.3) is 0 Å². The summed E-state index contributed by atoms with van der Waals surface area (Å²) in [6.07, 6.45) is 3.64. The number of rotatable bonds is 4. The van der Waals surface area contributed by atoms with Crippen LogP contribution in [0.2, 0.25) is 0 Å². The summed E-state index contributed by atoms with van der Waals surface area (Å²) < 4.78 is 1.03. The molecule has 2 N–H and O–H groups in total. The van der Waals surface area contributed by atoms with Crippen molar-refractivity contribution in [1.29, 1.82) is 0 Å². The van der Waals surface area contributed by atoms with E-state index in [9.17, 15) is 0 Å². The molecule has 2 aromatic rings. The molecule has 0 atom stereocenters. The van der Waals surface area contributed by atoms with Gasteiger partial charge in [0.2, 0.25) is 0 Å². The van der Waals surface area contributed by atoms with Gasteiger partial charge < -0.3 is 10.6 Å². The second-order valence-corrected chi connectivity index (χ2v) is 4.93. The summed E-state index contributed by atoms with van der Waals surface area (Å²) in [7, 11) is 0. The van der Waals surface area contributed by atoms with Crippen molar-refractivity contribution in [3.8, 4) is 0 Å². The Morgan fingerprint density at radius 1 is 1.22 bits per heavy atom. The topological polar surface area (TPSA) is 42.2 Å². The van der Waals surface area contributed by atoms with Crippen LogP contribution in [0, 0.1) is 0 Å². The Morgan fingerprint density at radius 2 is 1.94 bits per heavy atom. The zero-order chi connectivity index (χ0) is 13.0. The lowest BCUT2D eigenvalue weighted by Gasteiger charge is -2.24. The van der Waals surface area contributed by atoms with Crippen LogP contribution in [-0.2, 0) is 6.54 Å². The molecule has 0 saturated carbocycles. The summed E-state index contributed by atoms with van der Waals surface area (Å²) >= 11 is 3.57. The molecule has 0 aliphatic heterocycles. The normalized spacial score (nSPS) is 10.3. The van der Waals surface area contributed by atoms with E-state index in [1.807, 2.05) is 42.7 Å². The number of pyridine rings is 1. The maximum Gasteiger partial charge on any atom is 0.0515 e. The first-order chi connectivity index (χ1) is 8.70. The van der Waals surface area contributed by atoms with Crippen LogP contribution >= 0.6 is 15.9 Å². The molecule has 0 bridgehead atoms. The molecule has 2 rings (SSSR count). The second kappa shape index (κ2) is 5.87. The Morgan fingerprint density at radius 3 is 2.56 bits per heavy atom. The molecule has 3 nitrogen and oxygen atoms in total. The molecule has 0 amide bonds. The largest absolute Gasteiger partial charge is 0.399 e. The van der Waals surface area contributed by atoms with Crippen molar-refractivity contribution in [2.24, 2.45) is 0 Å². The van der Waals surface area contributed by atoms with Gasteiger partial charge >= 0.3 is 0 Å². The Labute approximate surface area is 116 Å². The van der Waals surface area contributed by atoms with Gasteiger partial charge in [-0.15, -0.1) is 0 Å². The highest BCUT2D eigenvalue weighted by Crippen LogP contribution is 2.29. The number of halogens is 1. The average molecular weight is 306 g/mol. The quantitative estimate of drug-likeness (QED) is 0.880. The Balaban J connectivity index is 2.23. The molecular formula is C14H16BrN3. The summed E-state index contributed by atoms with van der Waals surface area (Å²) in [5, 5.41) is 0. The van der Waals surface area contributed by atoms with Crippen LogP contribution in [0.15, 0.2) is 47.2 Å². The lowest BCUT2D eigenvalue weighted by Crippen LogP contribution is -2.22. The molecule has 1 heterocycles. The zero-order valence-electron chi connectivity index (χ0n) is 10.3. The number of hydrogen-bond acceptors (Lipinski definition) is 3. The molecular weight excluding hydrogens is 290 g/mol. The first kappa shape index (κ1) is 12.9. The van der Waals surface area contributed by atoms with Gasteiger partial charge in [0.1, 0.15) is 0 Å². The first-order valence-electron chi connectivity index (χ1n) is 5.89. The van der Waals surface area contributed by atoms with E-state index in [1.165, 1.54) is 5.56 Å². The Bertz CT molecular complexity index is 514. The highest BCUT2D eigenvalue weighted by molar-refractivity contribution is 9.10. The summed E-state index contributed by atoms with van der Waals surface area (Å²) in [4.78, 5) is 6.33. The van der Waals surface area contributed by atoms with Crippen LogP contribution in [0.3, 0.4) is 0 Å². The fourth-order valence-corrected chi connectivity index (χ4v) is 2.50. The molecule has 18 heavy (non-hydrogen) atoms. The van der Waals surface area contributed by atoms with Crippen molar-refractivity contribution >= 4 is 27.3 Å². The molecule has 0 unspecified atom stereocenters. The fraction of sp³-hybridized carbons (Fsp3) is 0.214. The zero-order valence-corrected chi connectivity index (χ0v) is 11.9. The predicted molar refractivity (Wildman–Crippen MR) is 79.5 cm³/mol. The number of hydrogen-bond donors (Lipinski definition) is 1. The van der Waals surface area contributed by atoms with Crippen LogP contribution in [-0.4, -0.2) is 11.5 Å². The lowest BCUT2D eigenvalue weighted by atomic mass is 10.2. The van der Waals surface area contributed by atoms with Gasteiger partial charge in [-0.2, -0.15) is 0 Å². The minimum absolute atomic E-state index is 0.769. The number of nitrogens with two attached hydrogens (primary N) is 1. The maximum atomic E-state index is 5.76. The minimum atomic E-state index is 0.769. The highest BCUT2D eigenvalue weighted by Gasteiger charge is 2.09. The smallest absolute Gasteiger partial charge is 0.0515 e. The number of aromatic nitrogens is 1. The van der Waals surface area contributed by atoms with Gasteiger partial charge in [0.05, 0.1) is 5.69 Å². The third kappa shape index (κ3) is 3.01. The third-order valence-electron chi connectivity index (χ3n) is 2.82. The maximum absolute atomic E-state index is 5.76. The first-order valence-corrected chi connectivity index (χ1v) is 6.69. The van der Waals surface area contributed by atoms with Gasteiger partial charge in [-0.1, -0.05) is 0 Å². The van der Waals surface area contributed by atoms with E-state index >= 15 is 0 Å². The molecule has 1 aromatic carbocycles. The van der Waals surface area contributed by atoms with E-state index in [0.29, 0.717) is 0 Å². The van der Waals surface area contributed by atoms with Crippen LogP contribution in [0.4, 0.5) is 11.4 Å². The molecule has 0 spiro atoms.